The van der Waals surface area contributed by atoms with Crippen molar-refractivity contribution in [3.63, 3.8) is 0 Å². The zero-order valence-electron chi connectivity index (χ0n) is 13.3. The minimum Gasteiger partial charge on any atom is -0.353 e. The summed E-state index contributed by atoms with van der Waals surface area (Å²) in [5.41, 5.74) is 1.74. The number of nitrogens with zero attached hydrogens (tertiary/aromatic N) is 4. The number of anilines is 1. The van der Waals surface area contributed by atoms with Crippen molar-refractivity contribution in [3.05, 3.63) is 47.9 Å². The molecule has 1 aliphatic rings. The molecule has 1 aromatic heterocycles. The molecule has 1 saturated heterocycles. The van der Waals surface area contributed by atoms with Crippen molar-refractivity contribution >= 4 is 15.8 Å². The first-order chi connectivity index (χ1) is 11.0. The van der Waals surface area contributed by atoms with E-state index in [9.17, 15) is 8.42 Å². The molecule has 7 heteroatoms. The summed E-state index contributed by atoms with van der Waals surface area (Å²) < 4.78 is 27.3. The standard InChI is InChI=1S/C16H20N4O2S/c1-13-3-4-14(2)15(11-13)23(21,22)20-9-7-19(8-10-20)16-12-17-5-6-18-16/h3-6,11-12H,7-10H2,1-2H3. The van der Waals surface area contributed by atoms with Gasteiger partial charge in [0.15, 0.2) is 0 Å². The normalized spacial score (nSPS) is 16.5. The van der Waals surface area contributed by atoms with E-state index in [2.05, 4.69) is 14.9 Å². The number of benzene rings is 1. The smallest absolute Gasteiger partial charge is 0.243 e. The maximum atomic E-state index is 12.9. The van der Waals surface area contributed by atoms with E-state index < -0.39 is 10.0 Å². The average Bonchev–Trinajstić information content (AvgIpc) is 2.58. The fourth-order valence-corrected chi connectivity index (χ4v) is 4.47. The second kappa shape index (κ2) is 6.25. The highest BCUT2D eigenvalue weighted by molar-refractivity contribution is 7.89. The van der Waals surface area contributed by atoms with Gasteiger partial charge in [0.25, 0.3) is 0 Å². The second-order valence-electron chi connectivity index (χ2n) is 5.72. The maximum absolute atomic E-state index is 12.9. The van der Waals surface area contributed by atoms with Crippen molar-refractivity contribution in [2.24, 2.45) is 0 Å². The molecule has 0 radical (unpaired) electrons. The van der Waals surface area contributed by atoms with Crippen molar-refractivity contribution in [3.8, 4) is 0 Å². The van der Waals surface area contributed by atoms with Gasteiger partial charge in [-0.25, -0.2) is 13.4 Å². The summed E-state index contributed by atoms with van der Waals surface area (Å²) in [5, 5.41) is 0. The molecule has 0 unspecified atom stereocenters. The van der Waals surface area contributed by atoms with E-state index in [1.54, 1.807) is 29.0 Å². The fourth-order valence-electron chi connectivity index (χ4n) is 2.74. The third-order valence-electron chi connectivity index (χ3n) is 4.07. The van der Waals surface area contributed by atoms with Gasteiger partial charge in [0.2, 0.25) is 10.0 Å². The topological polar surface area (TPSA) is 66.4 Å². The summed E-state index contributed by atoms with van der Waals surface area (Å²) in [6.45, 7) is 5.87. The lowest BCUT2D eigenvalue weighted by atomic mass is 10.2. The molecule has 23 heavy (non-hydrogen) atoms. The zero-order valence-corrected chi connectivity index (χ0v) is 14.1. The number of sulfonamides is 1. The molecule has 2 aromatic rings. The van der Waals surface area contributed by atoms with Gasteiger partial charge in [-0.1, -0.05) is 12.1 Å². The van der Waals surface area contributed by atoms with Crippen LogP contribution < -0.4 is 4.90 Å². The Labute approximate surface area is 136 Å². The maximum Gasteiger partial charge on any atom is 0.243 e. The number of rotatable bonds is 3. The Kier molecular flexibility index (Phi) is 4.32. The van der Waals surface area contributed by atoms with E-state index in [4.69, 9.17) is 0 Å². The summed E-state index contributed by atoms with van der Waals surface area (Å²) in [6.07, 6.45) is 4.98. The summed E-state index contributed by atoms with van der Waals surface area (Å²) >= 11 is 0. The van der Waals surface area contributed by atoms with Gasteiger partial charge in [0.05, 0.1) is 11.1 Å². The molecule has 1 aromatic carbocycles. The molecular weight excluding hydrogens is 312 g/mol. The van der Waals surface area contributed by atoms with Crippen molar-refractivity contribution in [2.45, 2.75) is 18.7 Å². The number of piperazine rings is 1. The molecule has 2 heterocycles. The van der Waals surface area contributed by atoms with Crippen LogP contribution in [0.1, 0.15) is 11.1 Å². The Morgan fingerprint density at radius 2 is 1.78 bits per heavy atom. The molecule has 0 aliphatic carbocycles. The van der Waals surface area contributed by atoms with Crippen LogP contribution in [0.15, 0.2) is 41.7 Å². The third kappa shape index (κ3) is 3.20. The lowest BCUT2D eigenvalue weighted by Gasteiger charge is -2.34. The number of hydrogen-bond donors (Lipinski definition) is 0. The predicted octanol–water partition coefficient (Wildman–Crippen LogP) is 1.60. The lowest BCUT2D eigenvalue weighted by molar-refractivity contribution is 0.383. The van der Waals surface area contributed by atoms with Gasteiger partial charge in [-0.3, -0.25) is 4.98 Å². The van der Waals surface area contributed by atoms with Crippen molar-refractivity contribution in [1.82, 2.24) is 14.3 Å². The molecule has 0 atom stereocenters. The second-order valence-corrected chi connectivity index (χ2v) is 7.63. The van der Waals surface area contributed by atoms with Gasteiger partial charge in [-0.2, -0.15) is 4.31 Å². The fraction of sp³-hybridized carbons (Fsp3) is 0.375. The van der Waals surface area contributed by atoms with E-state index in [1.807, 2.05) is 26.0 Å². The van der Waals surface area contributed by atoms with Crippen molar-refractivity contribution in [2.75, 3.05) is 31.1 Å². The summed E-state index contributed by atoms with van der Waals surface area (Å²) in [6, 6.07) is 5.54. The quantitative estimate of drug-likeness (QED) is 0.854. The molecule has 6 nitrogen and oxygen atoms in total. The zero-order chi connectivity index (χ0) is 16.4. The Bertz CT molecular complexity index is 785. The molecule has 1 aliphatic heterocycles. The van der Waals surface area contributed by atoms with Crippen molar-refractivity contribution < 1.29 is 8.42 Å². The molecule has 0 saturated carbocycles. The van der Waals surface area contributed by atoms with Crippen LogP contribution >= 0.6 is 0 Å². The van der Waals surface area contributed by atoms with Crippen LogP contribution in [-0.2, 0) is 10.0 Å². The van der Waals surface area contributed by atoms with Crippen LogP contribution in [0.4, 0.5) is 5.82 Å². The molecule has 122 valence electrons. The first-order valence-electron chi connectivity index (χ1n) is 7.57. The number of hydrogen-bond acceptors (Lipinski definition) is 5. The van der Waals surface area contributed by atoms with Crippen molar-refractivity contribution in [1.29, 1.82) is 0 Å². The van der Waals surface area contributed by atoms with E-state index in [0.29, 0.717) is 31.1 Å². The van der Waals surface area contributed by atoms with Crippen LogP contribution in [0.3, 0.4) is 0 Å². The van der Waals surface area contributed by atoms with Gasteiger partial charge in [-0.15, -0.1) is 0 Å². The minimum absolute atomic E-state index is 0.408. The molecule has 3 rings (SSSR count). The molecule has 1 fully saturated rings. The van der Waals surface area contributed by atoms with Crippen LogP contribution in [0.5, 0.6) is 0 Å². The Balaban J connectivity index is 1.78. The average molecular weight is 332 g/mol. The predicted molar refractivity (Wildman–Crippen MR) is 88.9 cm³/mol. The molecule has 0 bridgehead atoms. The molecule has 0 amide bonds. The lowest BCUT2D eigenvalue weighted by Crippen LogP contribution is -2.49. The summed E-state index contributed by atoms with van der Waals surface area (Å²) in [7, 11) is -3.45. The Morgan fingerprint density at radius 1 is 1.04 bits per heavy atom. The van der Waals surface area contributed by atoms with Crippen LogP contribution in [0.2, 0.25) is 0 Å². The van der Waals surface area contributed by atoms with Gasteiger partial charge in [-0.05, 0) is 31.0 Å². The molecule has 0 spiro atoms. The largest absolute Gasteiger partial charge is 0.353 e. The van der Waals surface area contributed by atoms with Crippen LogP contribution in [0.25, 0.3) is 0 Å². The van der Waals surface area contributed by atoms with Crippen LogP contribution in [0, 0.1) is 13.8 Å². The van der Waals surface area contributed by atoms with E-state index in [-0.39, 0.29) is 0 Å². The van der Waals surface area contributed by atoms with E-state index in [1.165, 1.54) is 0 Å². The first-order valence-corrected chi connectivity index (χ1v) is 9.01. The Morgan fingerprint density at radius 3 is 2.43 bits per heavy atom. The van der Waals surface area contributed by atoms with Gasteiger partial charge < -0.3 is 4.90 Å². The van der Waals surface area contributed by atoms with Crippen LogP contribution in [-0.4, -0.2) is 48.9 Å². The minimum atomic E-state index is -3.45. The SMILES string of the molecule is Cc1ccc(C)c(S(=O)(=O)N2CCN(c3cnccn3)CC2)c1. The highest BCUT2D eigenvalue weighted by Crippen LogP contribution is 2.23. The highest BCUT2D eigenvalue weighted by atomic mass is 32.2. The number of aromatic nitrogens is 2. The number of aryl methyl sites for hydroxylation is 2. The van der Waals surface area contributed by atoms with Gasteiger partial charge >= 0.3 is 0 Å². The summed E-state index contributed by atoms with van der Waals surface area (Å²) in [5.74, 6) is 0.788. The van der Waals surface area contributed by atoms with E-state index >= 15 is 0 Å². The van der Waals surface area contributed by atoms with Gasteiger partial charge in [0, 0.05) is 38.6 Å². The molecule has 0 N–H and O–H groups in total. The first kappa shape index (κ1) is 15.9. The third-order valence-corrected chi connectivity index (χ3v) is 6.11. The molecular formula is C16H20N4O2S. The highest BCUT2D eigenvalue weighted by Gasteiger charge is 2.30. The Hall–Kier alpha value is -1.99. The van der Waals surface area contributed by atoms with Gasteiger partial charge in [0.1, 0.15) is 5.82 Å². The van der Waals surface area contributed by atoms with E-state index in [0.717, 1.165) is 16.9 Å². The monoisotopic (exact) mass is 332 g/mol. The summed E-state index contributed by atoms with van der Waals surface area (Å²) in [4.78, 5) is 10.8.